The fourth-order valence-electron chi connectivity index (χ4n) is 1.99. The Labute approximate surface area is 107 Å². The molecule has 0 fully saturated rings. The third-order valence-electron chi connectivity index (χ3n) is 3.16. The van der Waals surface area contributed by atoms with E-state index in [9.17, 15) is 0 Å². The van der Waals surface area contributed by atoms with Gasteiger partial charge >= 0.3 is 0 Å². The monoisotopic (exact) mass is 234 g/mol. The Kier molecular flexibility index (Phi) is 12.3. The highest BCUT2D eigenvalue weighted by atomic mass is 14.3. The molecule has 0 unspecified atom stereocenters. The van der Waals surface area contributed by atoms with Crippen LogP contribution in [-0.4, -0.2) is 0 Å². The molecule has 0 aliphatic rings. The molecule has 0 saturated heterocycles. The first kappa shape index (κ1) is 16.0. The normalized spacial score (nSPS) is 10.1. The van der Waals surface area contributed by atoms with Gasteiger partial charge in [-0.3, -0.25) is 0 Å². The van der Waals surface area contributed by atoms with E-state index in [2.05, 4.69) is 6.92 Å². The zero-order valence-corrected chi connectivity index (χ0v) is 11.2. The minimum Gasteiger partial charge on any atom is -0.197 e. The van der Waals surface area contributed by atoms with Crippen LogP contribution in [0.2, 0.25) is 0 Å². The van der Waals surface area contributed by atoms with E-state index in [4.69, 9.17) is 10.5 Å². The minimum atomic E-state index is -0.385. The zero-order valence-electron chi connectivity index (χ0n) is 11.2. The Morgan fingerprint density at radius 3 is 1.53 bits per heavy atom. The molecule has 17 heavy (non-hydrogen) atoms. The zero-order chi connectivity index (χ0) is 12.8. The van der Waals surface area contributed by atoms with Crippen molar-refractivity contribution in [2.45, 2.75) is 77.6 Å². The van der Waals surface area contributed by atoms with Gasteiger partial charge in [-0.25, -0.2) is 0 Å². The average Bonchev–Trinajstić information content (AvgIpc) is 2.36. The van der Waals surface area contributed by atoms with E-state index in [1.54, 1.807) is 0 Å². The molecule has 0 spiro atoms. The van der Waals surface area contributed by atoms with Crippen LogP contribution in [0, 0.1) is 28.6 Å². The van der Waals surface area contributed by atoms with E-state index in [0.29, 0.717) is 0 Å². The molecule has 0 bridgehead atoms. The number of nitrogens with zero attached hydrogens (tertiary/aromatic N) is 2. The van der Waals surface area contributed by atoms with E-state index < -0.39 is 0 Å². The maximum absolute atomic E-state index is 8.60. The Bertz CT molecular complexity index is 220. The molecule has 0 atom stereocenters. The topological polar surface area (TPSA) is 47.6 Å². The van der Waals surface area contributed by atoms with Crippen molar-refractivity contribution in [3.8, 4) is 12.1 Å². The fourth-order valence-corrected chi connectivity index (χ4v) is 1.99. The first-order valence-electron chi connectivity index (χ1n) is 7.14. The van der Waals surface area contributed by atoms with Gasteiger partial charge in [-0.15, -0.1) is 0 Å². The van der Waals surface area contributed by atoms with E-state index in [-0.39, 0.29) is 5.92 Å². The molecule has 0 heterocycles. The molecule has 0 aromatic heterocycles. The molecule has 0 rings (SSSR count). The summed E-state index contributed by atoms with van der Waals surface area (Å²) in [6.45, 7) is 2.25. The molecule has 0 saturated carbocycles. The van der Waals surface area contributed by atoms with Crippen molar-refractivity contribution in [3.05, 3.63) is 0 Å². The Balaban J connectivity index is 3.09. The van der Waals surface area contributed by atoms with Crippen LogP contribution in [0.3, 0.4) is 0 Å². The molecule has 2 heteroatoms. The number of rotatable bonds is 11. The van der Waals surface area contributed by atoms with E-state index in [1.165, 1.54) is 57.8 Å². The van der Waals surface area contributed by atoms with Gasteiger partial charge in [0.2, 0.25) is 0 Å². The molecule has 0 aromatic carbocycles. The molecular formula is C15H26N2. The molecule has 0 radical (unpaired) electrons. The standard InChI is InChI=1S/C15H26N2/c1-2-3-4-5-6-7-8-9-10-11-12-15(13-16)14-17/h15H,2-12H2,1H3. The van der Waals surface area contributed by atoms with Gasteiger partial charge in [0, 0.05) is 0 Å². The summed E-state index contributed by atoms with van der Waals surface area (Å²) in [6.07, 6.45) is 13.7. The predicted octanol–water partition coefficient (Wildman–Crippen LogP) is 4.96. The van der Waals surface area contributed by atoms with Crippen molar-refractivity contribution in [3.63, 3.8) is 0 Å². The van der Waals surface area contributed by atoms with E-state index in [0.717, 1.165) is 12.8 Å². The summed E-state index contributed by atoms with van der Waals surface area (Å²) in [6, 6.07) is 4.04. The fraction of sp³-hybridized carbons (Fsp3) is 0.867. The number of hydrogen-bond donors (Lipinski definition) is 0. The van der Waals surface area contributed by atoms with Crippen LogP contribution < -0.4 is 0 Å². The number of hydrogen-bond acceptors (Lipinski definition) is 2. The highest BCUT2D eigenvalue weighted by Crippen LogP contribution is 2.13. The summed E-state index contributed by atoms with van der Waals surface area (Å²) in [5.74, 6) is -0.385. The van der Waals surface area contributed by atoms with Gasteiger partial charge in [-0.1, -0.05) is 71.1 Å². The third kappa shape index (κ3) is 11.2. The molecule has 0 N–H and O–H groups in total. The minimum absolute atomic E-state index is 0.385. The second kappa shape index (κ2) is 13.0. The quantitative estimate of drug-likeness (QED) is 0.474. The molecule has 96 valence electrons. The Morgan fingerprint density at radius 1 is 0.706 bits per heavy atom. The summed E-state index contributed by atoms with van der Waals surface area (Å²) >= 11 is 0. The lowest BCUT2D eigenvalue weighted by molar-refractivity contribution is 0.541. The van der Waals surface area contributed by atoms with Crippen LogP contribution in [0.25, 0.3) is 0 Å². The van der Waals surface area contributed by atoms with Crippen LogP contribution in [0.5, 0.6) is 0 Å². The first-order chi connectivity index (χ1) is 8.35. The lowest BCUT2D eigenvalue weighted by atomic mass is 10.0. The largest absolute Gasteiger partial charge is 0.197 e. The molecule has 0 aromatic rings. The Hall–Kier alpha value is -1.02. The lowest BCUT2D eigenvalue weighted by Gasteiger charge is -2.02. The molecular weight excluding hydrogens is 208 g/mol. The molecule has 0 aliphatic heterocycles. The smallest absolute Gasteiger partial charge is 0.133 e. The van der Waals surface area contributed by atoms with Gasteiger partial charge in [0.1, 0.15) is 5.92 Å². The van der Waals surface area contributed by atoms with Crippen molar-refractivity contribution in [1.29, 1.82) is 10.5 Å². The van der Waals surface area contributed by atoms with Crippen LogP contribution in [0.4, 0.5) is 0 Å². The van der Waals surface area contributed by atoms with Crippen LogP contribution in [0.15, 0.2) is 0 Å². The van der Waals surface area contributed by atoms with Crippen LogP contribution in [-0.2, 0) is 0 Å². The maximum atomic E-state index is 8.60. The second-order valence-corrected chi connectivity index (χ2v) is 4.78. The second-order valence-electron chi connectivity index (χ2n) is 4.78. The van der Waals surface area contributed by atoms with Crippen molar-refractivity contribution in [1.82, 2.24) is 0 Å². The average molecular weight is 234 g/mol. The highest BCUT2D eigenvalue weighted by Gasteiger charge is 2.03. The van der Waals surface area contributed by atoms with Gasteiger partial charge in [-0.2, -0.15) is 10.5 Å². The maximum Gasteiger partial charge on any atom is 0.133 e. The van der Waals surface area contributed by atoms with Gasteiger partial charge < -0.3 is 0 Å². The van der Waals surface area contributed by atoms with Gasteiger partial charge in [-0.05, 0) is 6.42 Å². The van der Waals surface area contributed by atoms with E-state index >= 15 is 0 Å². The molecule has 0 amide bonds. The van der Waals surface area contributed by atoms with Crippen LogP contribution in [0.1, 0.15) is 77.6 Å². The third-order valence-corrected chi connectivity index (χ3v) is 3.16. The van der Waals surface area contributed by atoms with Gasteiger partial charge in [0.15, 0.2) is 0 Å². The molecule has 0 aliphatic carbocycles. The lowest BCUT2D eigenvalue weighted by Crippen LogP contribution is -1.92. The summed E-state index contributed by atoms with van der Waals surface area (Å²) in [7, 11) is 0. The van der Waals surface area contributed by atoms with E-state index in [1.807, 2.05) is 12.1 Å². The summed E-state index contributed by atoms with van der Waals surface area (Å²) < 4.78 is 0. The summed E-state index contributed by atoms with van der Waals surface area (Å²) in [5.41, 5.74) is 0. The van der Waals surface area contributed by atoms with Gasteiger partial charge in [0.25, 0.3) is 0 Å². The Morgan fingerprint density at radius 2 is 1.12 bits per heavy atom. The molecule has 2 nitrogen and oxygen atoms in total. The van der Waals surface area contributed by atoms with Crippen molar-refractivity contribution < 1.29 is 0 Å². The van der Waals surface area contributed by atoms with Crippen molar-refractivity contribution in [2.24, 2.45) is 5.92 Å². The van der Waals surface area contributed by atoms with Crippen LogP contribution >= 0.6 is 0 Å². The predicted molar refractivity (Wildman–Crippen MR) is 71.2 cm³/mol. The first-order valence-corrected chi connectivity index (χ1v) is 7.14. The highest BCUT2D eigenvalue weighted by molar-refractivity contribution is 4.98. The summed E-state index contributed by atoms with van der Waals surface area (Å²) in [4.78, 5) is 0. The van der Waals surface area contributed by atoms with Crippen molar-refractivity contribution >= 4 is 0 Å². The number of unbranched alkanes of at least 4 members (excludes halogenated alkanes) is 9. The van der Waals surface area contributed by atoms with Gasteiger partial charge in [0.05, 0.1) is 12.1 Å². The number of nitriles is 2. The SMILES string of the molecule is CCCCCCCCCCCCC(C#N)C#N. The summed E-state index contributed by atoms with van der Waals surface area (Å²) in [5, 5.41) is 17.2. The van der Waals surface area contributed by atoms with Crippen molar-refractivity contribution in [2.75, 3.05) is 0 Å².